The number of amides is 1. The Labute approximate surface area is 77.9 Å². The highest BCUT2D eigenvalue weighted by Crippen LogP contribution is 2.08. The Hall–Kier alpha value is -0.220. The second kappa shape index (κ2) is 4.72. The Morgan fingerprint density at radius 3 is 3.08 bits per heavy atom. The molecule has 1 N–H and O–H groups in total. The Bertz CT molecular complexity index is 163. The fourth-order valence-corrected chi connectivity index (χ4v) is 1.80. The fraction of sp³-hybridized carbons (Fsp3) is 0.875. The average molecular weight is 188 g/mol. The largest absolute Gasteiger partial charge is 0.325 e. The first-order chi connectivity index (χ1) is 5.79. The van der Waals surface area contributed by atoms with Crippen molar-refractivity contribution in [2.75, 3.05) is 25.1 Å². The third-order valence-electron chi connectivity index (χ3n) is 2.11. The molecule has 0 aromatic rings. The summed E-state index contributed by atoms with van der Waals surface area (Å²) in [5, 5.41) is 3.18. The van der Waals surface area contributed by atoms with E-state index in [0.717, 1.165) is 18.7 Å². The summed E-state index contributed by atoms with van der Waals surface area (Å²) >= 11 is 1.78. The van der Waals surface area contributed by atoms with Gasteiger partial charge in [0.1, 0.15) is 0 Å². The molecule has 0 spiro atoms. The molecule has 1 heterocycles. The first kappa shape index (κ1) is 9.86. The third-order valence-corrected chi connectivity index (χ3v) is 2.70. The first-order valence-electron chi connectivity index (χ1n) is 4.31. The number of carbonyl (C=O) groups is 1. The second-order valence-electron chi connectivity index (χ2n) is 2.88. The molecule has 4 heteroatoms. The second-order valence-corrected chi connectivity index (χ2v) is 3.87. The normalized spacial score (nSPS) is 23.7. The summed E-state index contributed by atoms with van der Waals surface area (Å²) in [6, 6.07) is 0. The summed E-state index contributed by atoms with van der Waals surface area (Å²) in [5.41, 5.74) is 0. The van der Waals surface area contributed by atoms with Gasteiger partial charge in [0.15, 0.2) is 0 Å². The zero-order valence-electron chi connectivity index (χ0n) is 7.67. The van der Waals surface area contributed by atoms with Crippen LogP contribution < -0.4 is 5.32 Å². The number of hydrogen-bond donors (Lipinski definition) is 1. The van der Waals surface area contributed by atoms with Crippen molar-refractivity contribution >= 4 is 17.7 Å². The van der Waals surface area contributed by atoms with Crippen molar-refractivity contribution in [1.29, 1.82) is 0 Å². The van der Waals surface area contributed by atoms with Crippen LogP contribution in [-0.4, -0.2) is 42.1 Å². The van der Waals surface area contributed by atoms with E-state index in [2.05, 4.69) is 18.5 Å². The van der Waals surface area contributed by atoms with Gasteiger partial charge in [-0.05, 0) is 12.7 Å². The lowest BCUT2D eigenvalue weighted by molar-refractivity contribution is -0.127. The molecule has 1 aliphatic rings. The summed E-state index contributed by atoms with van der Waals surface area (Å²) in [5.74, 6) is 1.28. The molecule has 1 unspecified atom stereocenters. The maximum Gasteiger partial charge on any atom is 0.237 e. The van der Waals surface area contributed by atoms with Gasteiger partial charge in [0, 0.05) is 12.3 Å². The van der Waals surface area contributed by atoms with Gasteiger partial charge in [-0.1, -0.05) is 6.92 Å². The fourth-order valence-electron chi connectivity index (χ4n) is 1.43. The SMILES string of the molecule is CCC1NCC(=O)N1CCSC. The zero-order chi connectivity index (χ0) is 8.97. The molecule has 1 saturated heterocycles. The topological polar surface area (TPSA) is 32.3 Å². The van der Waals surface area contributed by atoms with Gasteiger partial charge in [0.2, 0.25) is 5.91 Å². The number of thioether (sulfide) groups is 1. The molecule has 1 atom stereocenters. The number of rotatable bonds is 4. The highest BCUT2D eigenvalue weighted by molar-refractivity contribution is 7.98. The molecule has 0 aliphatic carbocycles. The van der Waals surface area contributed by atoms with Crippen LogP contribution in [0.15, 0.2) is 0 Å². The van der Waals surface area contributed by atoms with Crippen molar-refractivity contribution in [2.45, 2.75) is 19.5 Å². The van der Waals surface area contributed by atoms with Crippen LogP contribution in [0.1, 0.15) is 13.3 Å². The van der Waals surface area contributed by atoms with E-state index >= 15 is 0 Å². The standard InChI is InChI=1S/C8H16N2OS/c1-3-7-9-6-8(11)10(7)4-5-12-2/h7,9H,3-6H2,1-2H3. The molecule has 12 heavy (non-hydrogen) atoms. The van der Waals surface area contributed by atoms with E-state index in [1.54, 1.807) is 11.8 Å². The molecule has 1 aliphatic heterocycles. The predicted molar refractivity (Wildman–Crippen MR) is 52.2 cm³/mol. The summed E-state index contributed by atoms with van der Waals surface area (Å²) in [7, 11) is 0. The van der Waals surface area contributed by atoms with Crippen molar-refractivity contribution in [3.8, 4) is 0 Å². The van der Waals surface area contributed by atoms with Crippen molar-refractivity contribution in [3.63, 3.8) is 0 Å². The van der Waals surface area contributed by atoms with Crippen molar-refractivity contribution in [2.24, 2.45) is 0 Å². The van der Waals surface area contributed by atoms with Crippen molar-refractivity contribution in [3.05, 3.63) is 0 Å². The lowest BCUT2D eigenvalue weighted by Gasteiger charge is -2.22. The molecule has 0 saturated carbocycles. The summed E-state index contributed by atoms with van der Waals surface area (Å²) < 4.78 is 0. The van der Waals surface area contributed by atoms with Gasteiger partial charge < -0.3 is 4.90 Å². The molecule has 3 nitrogen and oxygen atoms in total. The van der Waals surface area contributed by atoms with E-state index in [9.17, 15) is 4.79 Å². The van der Waals surface area contributed by atoms with Crippen LogP contribution in [0.2, 0.25) is 0 Å². The van der Waals surface area contributed by atoms with Gasteiger partial charge in [0.25, 0.3) is 0 Å². The molecule has 1 rings (SSSR count). The van der Waals surface area contributed by atoms with Crippen molar-refractivity contribution in [1.82, 2.24) is 10.2 Å². The summed E-state index contributed by atoms with van der Waals surface area (Å²) in [4.78, 5) is 13.2. The third kappa shape index (κ3) is 2.14. The highest BCUT2D eigenvalue weighted by atomic mass is 32.2. The van der Waals surface area contributed by atoms with E-state index < -0.39 is 0 Å². The molecule has 1 amide bonds. The number of hydrogen-bond acceptors (Lipinski definition) is 3. The van der Waals surface area contributed by atoms with E-state index in [1.807, 2.05) is 4.90 Å². The molecule has 0 radical (unpaired) electrons. The molecule has 1 fully saturated rings. The van der Waals surface area contributed by atoms with Crippen LogP contribution in [0, 0.1) is 0 Å². The van der Waals surface area contributed by atoms with Crippen LogP contribution in [-0.2, 0) is 4.79 Å². The van der Waals surface area contributed by atoms with Gasteiger partial charge in [-0.3, -0.25) is 10.1 Å². The lowest BCUT2D eigenvalue weighted by Crippen LogP contribution is -2.38. The zero-order valence-corrected chi connectivity index (χ0v) is 8.49. The van der Waals surface area contributed by atoms with Crippen LogP contribution in [0.3, 0.4) is 0 Å². The van der Waals surface area contributed by atoms with Gasteiger partial charge in [-0.25, -0.2) is 0 Å². The molecular formula is C8H16N2OS. The Kier molecular flexibility index (Phi) is 3.88. The van der Waals surface area contributed by atoms with Crippen LogP contribution in [0.25, 0.3) is 0 Å². The molecule has 0 aromatic heterocycles. The van der Waals surface area contributed by atoms with Gasteiger partial charge in [-0.2, -0.15) is 11.8 Å². The van der Waals surface area contributed by atoms with E-state index in [0.29, 0.717) is 6.54 Å². The van der Waals surface area contributed by atoms with Crippen LogP contribution in [0.4, 0.5) is 0 Å². The smallest absolute Gasteiger partial charge is 0.237 e. The van der Waals surface area contributed by atoms with Crippen molar-refractivity contribution < 1.29 is 4.79 Å². The predicted octanol–water partition coefficient (Wildman–Crippen LogP) is 0.517. The molecule has 70 valence electrons. The minimum absolute atomic E-state index is 0.246. The number of nitrogens with zero attached hydrogens (tertiary/aromatic N) is 1. The number of carbonyl (C=O) groups excluding carboxylic acids is 1. The van der Waals surface area contributed by atoms with Crippen LogP contribution in [0.5, 0.6) is 0 Å². The summed E-state index contributed by atoms with van der Waals surface area (Å²) in [6.45, 7) is 3.50. The first-order valence-corrected chi connectivity index (χ1v) is 5.70. The Morgan fingerprint density at radius 1 is 1.75 bits per heavy atom. The lowest BCUT2D eigenvalue weighted by atomic mass is 10.3. The maximum absolute atomic E-state index is 11.3. The average Bonchev–Trinajstić information content (AvgIpc) is 2.43. The Morgan fingerprint density at radius 2 is 2.50 bits per heavy atom. The molecular weight excluding hydrogens is 172 g/mol. The van der Waals surface area contributed by atoms with Gasteiger partial charge >= 0.3 is 0 Å². The van der Waals surface area contributed by atoms with Gasteiger partial charge in [-0.15, -0.1) is 0 Å². The van der Waals surface area contributed by atoms with E-state index in [4.69, 9.17) is 0 Å². The number of nitrogens with one attached hydrogen (secondary N) is 1. The minimum Gasteiger partial charge on any atom is -0.325 e. The maximum atomic E-state index is 11.3. The van der Waals surface area contributed by atoms with Gasteiger partial charge in [0.05, 0.1) is 12.7 Å². The molecule has 0 bridgehead atoms. The summed E-state index contributed by atoms with van der Waals surface area (Å²) in [6.07, 6.45) is 3.35. The van der Waals surface area contributed by atoms with E-state index in [-0.39, 0.29) is 12.1 Å². The molecule has 0 aromatic carbocycles. The minimum atomic E-state index is 0.246. The monoisotopic (exact) mass is 188 g/mol. The Balaban J connectivity index is 2.40. The highest BCUT2D eigenvalue weighted by Gasteiger charge is 2.27. The van der Waals surface area contributed by atoms with Crippen LogP contribution >= 0.6 is 11.8 Å². The van der Waals surface area contributed by atoms with E-state index in [1.165, 1.54) is 0 Å². The quantitative estimate of drug-likeness (QED) is 0.698.